The predicted molar refractivity (Wildman–Crippen MR) is 161 cm³/mol. The number of nitriles is 1. The van der Waals surface area contributed by atoms with Crippen LogP contribution in [0.3, 0.4) is 0 Å². The lowest BCUT2D eigenvalue weighted by Gasteiger charge is -2.28. The number of hydrogen-bond donors (Lipinski definition) is 0. The van der Waals surface area contributed by atoms with Gasteiger partial charge in [-0.15, -0.1) is 0 Å². The Kier molecular flexibility index (Phi) is 8.53. The summed E-state index contributed by atoms with van der Waals surface area (Å²) in [5.41, 5.74) is 4.57. The highest BCUT2D eigenvalue weighted by molar-refractivity contribution is 6.54. The van der Waals surface area contributed by atoms with Crippen LogP contribution in [0, 0.1) is 11.3 Å². The Morgan fingerprint density at radius 1 is 0.850 bits per heavy atom. The molecule has 0 fully saturated rings. The zero-order valence-corrected chi connectivity index (χ0v) is 23.1. The summed E-state index contributed by atoms with van der Waals surface area (Å²) < 4.78 is 6.33. The molecule has 1 amide bonds. The maximum absolute atomic E-state index is 13.9. The molecule has 0 radical (unpaired) electrons. The number of amides is 1. The molecule has 5 rings (SSSR count). The van der Waals surface area contributed by atoms with Crippen molar-refractivity contribution in [3.8, 4) is 28.5 Å². The molecule has 1 aliphatic rings. The lowest BCUT2D eigenvalue weighted by atomic mass is 9.98. The zero-order chi connectivity index (χ0) is 27.9. The topological polar surface area (TPSA) is 72.8 Å². The van der Waals surface area contributed by atoms with Crippen LogP contribution in [0.1, 0.15) is 50.7 Å². The van der Waals surface area contributed by atoms with Crippen LogP contribution in [0.4, 0.5) is 11.6 Å². The summed E-state index contributed by atoms with van der Waals surface area (Å²) in [6.07, 6.45) is 4.36. The van der Waals surface area contributed by atoms with E-state index >= 15 is 0 Å². The molecule has 0 saturated heterocycles. The number of fused-ring (bicyclic) bond motifs is 1. The standard InChI is InChI=1S/C34H34N4O2/c1-3-5-21-37(22-6-4-2)24-38-29-20-14-13-19-27(29)31(34(38)39)36-33-28(23-35)30(25-15-9-7-10-16-25)32(40-33)26-17-11-8-12-18-26/h7-20H,3-6,21-22,24H2,1-2H3/b36-31-. The van der Waals surface area contributed by atoms with E-state index in [1.807, 2.05) is 89.8 Å². The number of carbonyl (C=O) groups excluding carboxylic acids is 1. The monoisotopic (exact) mass is 530 g/mol. The first-order valence-electron chi connectivity index (χ1n) is 14.1. The van der Waals surface area contributed by atoms with E-state index in [1.165, 1.54) is 0 Å². The van der Waals surface area contributed by atoms with Gasteiger partial charge in [0.2, 0.25) is 5.88 Å². The first-order valence-corrected chi connectivity index (χ1v) is 14.1. The number of nitrogens with zero attached hydrogens (tertiary/aromatic N) is 4. The number of furan rings is 1. The molecule has 6 nitrogen and oxygen atoms in total. The van der Waals surface area contributed by atoms with Crippen molar-refractivity contribution >= 4 is 23.2 Å². The van der Waals surface area contributed by atoms with Crippen LogP contribution in [0.5, 0.6) is 0 Å². The van der Waals surface area contributed by atoms with Gasteiger partial charge >= 0.3 is 0 Å². The Bertz CT molecular complexity index is 1530. The van der Waals surface area contributed by atoms with Gasteiger partial charge in [-0.1, -0.05) is 106 Å². The molecule has 1 aromatic heterocycles. The molecule has 0 aliphatic carbocycles. The highest BCUT2D eigenvalue weighted by atomic mass is 16.4. The number of rotatable bonds is 11. The normalized spacial score (nSPS) is 13.7. The van der Waals surface area contributed by atoms with E-state index < -0.39 is 0 Å². The van der Waals surface area contributed by atoms with Crippen molar-refractivity contribution < 1.29 is 9.21 Å². The van der Waals surface area contributed by atoms with Crippen LogP contribution in [0.25, 0.3) is 22.5 Å². The van der Waals surface area contributed by atoms with Gasteiger partial charge in [0.1, 0.15) is 23.1 Å². The van der Waals surface area contributed by atoms with Gasteiger partial charge in [0.25, 0.3) is 5.91 Å². The number of carbonyl (C=O) groups is 1. The molecule has 0 saturated carbocycles. The molecule has 1 aliphatic heterocycles. The van der Waals surface area contributed by atoms with Crippen molar-refractivity contribution in [2.24, 2.45) is 4.99 Å². The van der Waals surface area contributed by atoms with E-state index in [1.54, 1.807) is 0 Å². The summed E-state index contributed by atoms with van der Waals surface area (Å²) in [5.74, 6) is 0.527. The Morgan fingerprint density at radius 2 is 1.45 bits per heavy atom. The van der Waals surface area contributed by atoms with Crippen molar-refractivity contribution in [1.82, 2.24) is 4.90 Å². The van der Waals surface area contributed by atoms with Gasteiger partial charge in [0.05, 0.1) is 12.4 Å². The summed E-state index contributed by atoms with van der Waals surface area (Å²) in [6, 6.07) is 29.5. The molecule has 0 unspecified atom stereocenters. The predicted octanol–water partition coefficient (Wildman–Crippen LogP) is 7.81. The van der Waals surface area contributed by atoms with Crippen LogP contribution in [0.15, 0.2) is 94.3 Å². The molecule has 6 heteroatoms. The first kappa shape index (κ1) is 27.1. The zero-order valence-electron chi connectivity index (χ0n) is 23.1. The van der Waals surface area contributed by atoms with Gasteiger partial charge in [0, 0.05) is 16.7 Å². The minimum absolute atomic E-state index is 0.147. The number of hydrogen-bond acceptors (Lipinski definition) is 5. The van der Waals surface area contributed by atoms with Crippen LogP contribution in [-0.4, -0.2) is 36.3 Å². The van der Waals surface area contributed by atoms with E-state index in [0.717, 1.165) is 61.2 Å². The third-order valence-corrected chi connectivity index (χ3v) is 7.21. The maximum Gasteiger partial charge on any atom is 0.278 e. The minimum atomic E-state index is -0.179. The molecule has 0 spiro atoms. The van der Waals surface area contributed by atoms with Crippen molar-refractivity contribution in [2.75, 3.05) is 24.7 Å². The number of unbranched alkanes of at least 4 members (excludes halogenated alkanes) is 2. The second kappa shape index (κ2) is 12.6. The Hall–Kier alpha value is -4.47. The van der Waals surface area contributed by atoms with Crippen LogP contribution >= 0.6 is 0 Å². The molecule has 0 atom stereocenters. The van der Waals surface area contributed by atoms with Crippen molar-refractivity contribution in [2.45, 2.75) is 39.5 Å². The van der Waals surface area contributed by atoms with Gasteiger partial charge in [-0.25, -0.2) is 4.99 Å². The number of aliphatic imine (C=N–C) groups is 1. The quantitative estimate of drug-likeness (QED) is 0.198. The smallest absolute Gasteiger partial charge is 0.278 e. The first-order chi connectivity index (χ1) is 19.7. The molecule has 0 N–H and O–H groups in total. The summed E-state index contributed by atoms with van der Waals surface area (Å²) in [5, 5.41) is 10.3. The van der Waals surface area contributed by atoms with E-state index in [2.05, 4.69) is 24.8 Å². The fraction of sp³-hybridized carbons (Fsp3) is 0.265. The third kappa shape index (κ3) is 5.47. The van der Waals surface area contributed by atoms with Gasteiger partial charge in [-0.05, 0) is 37.6 Å². The maximum atomic E-state index is 13.9. The summed E-state index contributed by atoms with van der Waals surface area (Å²) >= 11 is 0. The molecule has 2 heterocycles. The van der Waals surface area contributed by atoms with Crippen molar-refractivity contribution in [3.63, 3.8) is 0 Å². The van der Waals surface area contributed by atoms with Crippen molar-refractivity contribution in [3.05, 3.63) is 96.1 Å². The van der Waals surface area contributed by atoms with E-state index in [0.29, 0.717) is 29.3 Å². The molecule has 0 bridgehead atoms. The van der Waals surface area contributed by atoms with E-state index in [4.69, 9.17) is 9.41 Å². The molecular weight excluding hydrogens is 496 g/mol. The lowest BCUT2D eigenvalue weighted by Crippen LogP contribution is -2.42. The van der Waals surface area contributed by atoms with E-state index in [9.17, 15) is 10.1 Å². The van der Waals surface area contributed by atoms with Gasteiger partial charge in [-0.2, -0.15) is 5.26 Å². The second-order valence-corrected chi connectivity index (χ2v) is 10.0. The molecule has 202 valence electrons. The molecular formula is C34H34N4O2. The van der Waals surface area contributed by atoms with Crippen molar-refractivity contribution in [1.29, 1.82) is 5.26 Å². The highest BCUT2D eigenvalue weighted by Gasteiger charge is 2.35. The Morgan fingerprint density at radius 3 is 2.08 bits per heavy atom. The fourth-order valence-corrected chi connectivity index (χ4v) is 5.10. The Labute approximate surface area is 236 Å². The molecule has 40 heavy (non-hydrogen) atoms. The van der Waals surface area contributed by atoms with E-state index in [-0.39, 0.29) is 11.8 Å². The number of benzene rings is 3. The summed E-state index contributed by atoms with van der Waals surface area (Å²) in [6.45, 7) is 6.74. The number of anilines is 1. The SMILES string of the molecule is CCCCN(CCCC)CN1C(=O)/C(=N\c2oc(-c3ccccc3)c(-c3ccccc3)c2C#N)c2ccccc21. The van der Waals surface area contributed by atoms with Gasteiger partial charge in [-0.3, -0.25) is 14.6 Å². The highest BCUT2D eigenvalue weighted by Crippen LogP contribution is 2.43. The number of para-hydroxylation sites is 1. The average Bonchev–Trinajstić information content (AvgIpc) is 3.50. The van der Waals surface area contributed by atoms with Gasteiger partial charge in [0.15, 0.2) is 0 Å². The fourth-order valence-electron chi connectivity index (χ4n) is 5.10. The second-order valence-electron chi connectivity index (χ2n) is 10.0. The minimum Gasteiger partial charge on any atom is -0.436 e. The largest absolute Gasteiger partial charge is 0.436 e. The molecule has 3 aromatic carbocycles. The third-order valence-electron chi connectivity index (χ3n) is 7.21. The summed E-state index contributed by atoms with van der Waals surface area (Å²) in [4.78, 5) is 22.9. The lowest BCUT2D eigenvalue weighted by molar-refractivity contribution is -0.112. The molecule has 4 aromatic rings. The van der Waals surface area contributed by atoms with Gasteiger partial charge < -0.3 is 4.42 Å². The van der Waals surface area contributed by atoms with Crippen LogP contribution in [-0.2, 0) is 4.79 Å². The average molecular weight is 531 g/mol. The summed E-state index contributed by atoms with van der Waals surface area (Å²) in [7, 11) is 0. The van der Waals surface area contributed by atoms with Crippen LogP contribution in [0.2, 0.25) is 0 Å². The van der Waals surface area contributed by atoms with Crippen LogP contribution < -0.4 is 4.90 Å². The Balaban J connectivity index is 1.60.